The number of rotatable bonds is 3. The normalized spacial score (nSPS) is 10.3. The van der Waals surface area contributed by atoms with Crippen LogP contribution >= 0.6 is 11.8 Å². The summed E-state index contributed by atoms with van der Waals surface area (Å²) in [5.74, 6) is -1.06. The average Bonchev–Trinajstić information content (AvgIpc) is 2.39. The first-order chi connectivity index (χ1) is 8.61. The Morgan fingerprint density at radius 1 is 1.28 bits per heavy atom. The van der Waals surface area contributed by atoms with Crippen LogP contribution in [0.1, 0.15) is 10.4 Å². The van der Waals surface area contributed by atoms with Crippen LogP contribution in [0, 0.1) is 0 Å². The first-order valence-corrected chi connectivity index (χ1v) is 6.45. The van der Waals surface area contributed by atoms with Crippen molar-refractivity contribution in [3.8, 4) is 11.1 Å². The number of nitrogens with one attached hydrogen (secondary N) is 1. The SMILES string of the molecule is CSc1ccc(-c2cc(C(=O)O)c[nH]c2=O)cc1. The number of thioether (sulfide) groups is 1. The van der Waals surface area contributed by atoms with Crippen molar-refractivity contribution in [1.82, 2.24) is 4.98 Å². The summed E-state index contributed by atoms with van der Waals surface area (Å²) in [6.45, 7) is 0. The largest absolute Gasteiger partial charge is 0.478 e. The Kier molecular flexibility index (Phi) is 3.53. The van der Waals surface area contributed by atoms with Gasteiger partial charge in [-0.25, -0.2) is 4.79 Å². The van der Waals surface area contributed by atoms with Crippen LogP contribution in [-0.2, 0) is 0 Å². The molecular weight excluding hydrogens is 250 g/mol. The van der Waals surface area contributed by atoms with Crippen LogP contribution in [0.3, 0.4) is 0 Å². The number of hydrogen-bond acceptors (Lipinski definition) is 3. The summed E-state index contributed by atoms with van der Waals surface area (Å²) >= 11 is 1.60. The van der Waals surface area contributed by atoms with E-state index in [2.05, 4.69) is 4.98 Å². The van der Waals surface area contributed by atoms with Crippen molar-refractivity contribution >= 4 is 17.7 Å². The Bertz CT molecular complexity index is 631. The van der Waals surface area contributed by atoms with E-state index >= 15 is 0 Å². The Balaban J connectivity index is 2.51. The molecule has 0 atom stereocenters. The average molecular weight is 261 g/mol. The van der Waals surface area contributed by atoms with E-state index in [1.807, 2.05) is 30.5 Å². The van der Waals surface area contributed by atoms with Crippen LogP contribution in [-0.4, -0.2) is 22.3 Å². The molecule has 0 fully saturated rings. The summed E-state index contributed by atoms with van der Waals surface area (Å²) < 4.78 is 0. The number of aromatic nitrogens is 1. The Labute approximate surface area is 108 Å². The molecule has 0 bridgehead atoms. The molecular formula is C13H11NO3S. The lowest BCUT2D eigenvalue weighted by Crippen LogP contribution is -2.11. The van der Waals surface area contributed by atoms with Gasteiger partial charge in [-0.15, -0.1) is 11.8 Å². The van der Waals surface area contributed by atoms with Gasteiger partial charge in [0.25, 0.3) is 5.56 Å². The van der Waals surface area contributed by atoms with Gasteiger partial charge in [-0.2, -0.15) is 0 Å². The second-order valence-electron chi connectivity index (χ2n) is 3.66. The van der Waals surface area contributed by atoms with Crippen LogP contribution < -0.4 is 5.56 Å². The summed E-state index contributed by atoms with van der Waals surface area (Å²) in [6.07, 6.45) is 3.16. The van der Waals surface area contributed by atoms with E-state index in [4.69, 9.17) is 5.11 Å². The molecule has 0 saturated carbocycles. The first kappa shape index (κ1) is 12.4. The summed E-state index contributed by atoms with van der Waals surface area (Å²) in [5.41, 5.74) is 0.843. The predicted molar refractivity (Wildman–Crippen MR) is 71.2 cm³/mol. The van der Waals surface area contributed by atoms with Gasteiger partial charge >= 0.3 is 5.97 Å². The summed E-state index contributed by atoms with van der Waals surface area (Å²) in [7, 11) is 0. The van der Waals surface area contributed by atoms with E-state index < -0.39 is 5.97 Å². The van der Waals surface area contributed by atoms with E-state index in [0.717, 1.165) is 4.90 Å². The van der Waals surface area contributed by atoms with Crippen molar-refractivity contribution in [2.24, 2.45) is 0 Å². The number of pyridine rings is 1. The molecule has 0 radical (unpaired) electrons. The molecule has 0 aliphatic rings. The van der Waals surface area contributed by atoms with Gasteiger partial charge in [-0.05, 0) is 30.0 Å². The minimum Gasteiger partial charge on any atom is -0.478 e. The van der Waals surface area contributed by atoms with Crippen LogP contribution in [0.5, 0.6) is 0 Å². The van der Waals surface area contributed by atoms with Gasteiger partial charge in [-0.3, -0.25) is 4.79 Å². The summed E-state index contributed by atoms with van der Waals surface area (Å²) in [6, 6.07) is 8.79. The number of benzene rings is 1. The maximum atomic E-state index is 11.7. The van der Waals surface area contributed by atoms with E-state index in [0.29, 0.717) is 11.1 Å². The highest BCUT2D eigenvalue weighted by Gasteiger charge is 2.08. The molecule has 4 nitrogen and oxygen atoms in total. The third kappa shape index (κ3) is 2.46. The second-order valence-corrected chi connectivity index (χ2v) is 4.54. The van der Waals surface area contributed by atoms with Crippen LogP contribution in [0.15, 0.2) is 46.2 Å². The minimum atomic E-state index is -1.06. The Morgan fingerprint density at radius 2 is 1.94 bits per heavy atom. The second kappa shape index (κ2) is 5.10. The Hall–Kier alpha value is -2.01. The fraction of sp³-hybridized carbons (Fsp3) is 0.0769. The van der Waals surface area contributed by atoms with Gasteiger partial charge in [0.05, 0.1) is 5.56 Å². The maximum Gasteiger partial charge on any atom is 0.337 e. The minimum absolute atomic E-state index is 0.0681. The third-order valence-corrected chi connectivity index (χ3v) is 3.29. The van der Waals surface area contributed by atoms with Crippen LogP contribution in [0.4, 0.5) is 0 Å². The molecule has 1 aromatic carbocycles. The van der Waals surface area contributed by atoms with E-state index in [9.17, 15) is 9.59 Å². The van der Waals surface area contributed by atoms with Gasteiger partial charge in [0.15, 0.2) is 0 Å². The highest BCUT2D eigenvalue weighted by atomic mass is 32.2. The molecule has 0 spiro atoms. The van der Waals surface area contributed by atoms with Gasteiger partial charge in [-0.1, -0.05) is 12.1 Å². The molecule has 2 rings (SSSR count). The number of carboxylic acids is 1. The third-order valence-electron chi connectivity index (χ3n) is 2.55. The molecule has 0 saturated heterocycles. The number of carboxylic acid groups (broad SMARTS) is 1. The van der Waals surface area contributed by atoms with Crippen molar-refractivity contribution in [2.75, 3.05) is 6.26 Å². The molecule has 92 valence electrons. The van der Waals surface area contributed by atoms with Crippen LogP contribution in [0.2, 0.25) is 0 Å². The quantitative estimate of drug-likeness (QED) is 0.833. The zero-order valence-electron chi connectivity index (χ0n) is 9.64. The molecule has 1 aromatic heterocycles. The predicted octanol–water partition coefficient (Wildman–Crippen LogP) is 2.46. The molecule has 0 amide bonds. The molecule has 0 aliphatic carbocycles. The fourth-order valence-electron chi connectivity index (χ4n) is 1.59. The molecule has 2 aromatic rings. The van der Waals surface area contributed by atoms with Gasteiger partial charge in [0.1, 0.15) is 0 Å². The topological polar surface area (TPSA) is 70.2 Å². The summed E-state index contributed by atoms with van der Waals surface area (Å²) in [4.78, 5) is 26.1. The molecule has 0 aliphatic heterocycles. The summed E-state index contributed by atoms with van der Waals surface area (Å²) in [5, 5.41) is 8.90. The number of H-pyrrole nitrogens is 1. The number of aromatic carboxylic acids is 1. The monoisotopic (exact) mass is 261 g/mol. The van der Waals surface area contributed by atoms with Crippen molar-refractivity contribution in [1.29, 1.82) is 0 Å². The standard InChI is InChI=1S/C13H11NO3S/c1-18-10-4-2-8(3-5-10)11-6-9(13(16)17)7-14-12(11)15/h2-7H,1H3,(H,14,15)(H,16,17). The molecule has 1 heterocycles. The fourth-order valence-corrected chi connectivity index (χ4v) is 2.00. The highest BCUT2D eigenvalue weighted by Crippen LogP contribution is 2.21. The van der Waals surface area contributed by atoms with Crippen molar-refractivity contribution < 1.29 is 9.90 Å². The van der Waals surface area contributed by atoms with Gasteiger partial charge in [0, 0.05) is 16.7 Å². The van der Waals surface area contributed by atoms with Crippen molar-refractivity contribution in [2.45, 2.75) is 4.90 Å². The molecule has 2 N–H and O–H groups in total. The number of carbonyl (C=O) groups is 1. The molecule has 5 heteroatoms. The van der Waals surface area contributed by atoms with Crippen molar-refractivity contribution in [3.05, 3.63) is 52.4 Å². The highest BCUT2D eigenvalue weighted by molar-refractivity contribution is 7.98. The number of hydrogen-bond donors (Lipinski definition) is 2. The van der Waals surface area contributed by atoms with Crippen LogP contribution in [0.25, 0.3) is 11.1 Å². The lowest BCUT2D eigenvalue weighted by Gasteiger charge is -2.03. The molecule has 0 unspecified atom stereocenters. The van der Waals surface area contributed by atoms with Crippen molar-refractivity contribution in [3.63, 3.8) is 0 Å². The zero-order chi connectivity index (χ0) is 13.1. The lowest BCUT2D eigenvalue weighted by molar-refractivity contribution is 0.0696. The van der Waals surface area contributed by atoms with Gasteiger partial charge < -0.3 is 10.1 Å². The maximum absolute atomic E-state index is 11.7. The van der Waals surface area contributed by atoms with E-state index in [-0.39, 0.29) is 11.1 Å². The number of aromatic amines is 1. The lowest BCUT2D eigenvalue weighted by atomic mass is 10.1. The first-order valence-electron chi connectivity index (χ1n) is 5.22. The van der Waals surface area contributed by atoms with E-state index in [1.165, 1.54) is 12.3 Å². The zero-order valence-corrected chi connectivity index (χ0v) is 10.5. The molecule has 18 heavy (non-hydrogen) atoms. The smallest absolute Gasteiger partial charge is 0.337 e. The van der Waals surface area contributed by atoms with Gasteiger partial charge in [0.2, 0.25) is 0 Å². The Morgan fingerprint density at radius 3 is 2.50 bits per heavy atom. The van der Waals surface area contributed by atoms with E-state index in [1.54, 1.807) is 11.8 Å².